The van der Waals surface area contributed by atoms with Gasteiger partial charge in [-0.25, -0.2) is 19.6 Å². The molecule has 0 radical (unpaired) electrons. The number of nitriles is 4. The molecule has 3 aromatic heterocycles. The predicted octanol–water partition coefficient (Wildman–Crippen LogP) is 9.25. The van der Waals surface area contributed by atoms with Gasteiger partial charge in [0.1, 0.15) is 57.9 Å². The molecule has 0 fully saturated rings. The highest BCUT2D eigenvalue weighted by atomic mass is 32.1. The second kappa shape index (κ2) is 16.5. The van der Waals surface area contributed by atoms with Gasteiger partial charge in [0.05, 0.1) is 58.6 Å². The molecule has 10 rings (SSSR count). The number of thiazole rings is 2. The van der Waals surface area contributed by atoms with E-state index in [0.717, 1.165) is 34.0 Å². The smallest absolute Gasteiger partial charge is 0.342 e. The summed E-state index contributed by atoms with van der Waals surface area (Å²) >= 11 is 2.95. The average Bonchev–Trinajstić information content (AvgIpc) is 4.14. The quantitative estimate of drug-likeness (QED) is 0.0784. The number of hydrogen-bond acceptors (Lipinski definition) is 17. The zero-order valence-electron chi connectivity index (χ0n) is 33.8. The summed E-state index contributed by atoms with van der Waals surface area (Å²) in [6.45, 7) is -0.276. The van der Waals surface area contributed by atoms with Gasteiger partial charge in [0.25, 0.3) is 0 Å². The minimum atomic E-state index is -0.814. The average molecular weight is 929 g/mol. The maximum absolute atomic E-state index is 14.6. The molecule has 17 heteroatoms. The Morgan fingerprint density at radius 2 is 0.925 bits per heavy atom. The molecule has 0 amide bonds. The van der Waals surface area contributed by atoms with E-state index in [4.69, 9.17) is 19.4 Å². The molecule has 2 aliphatic carbocycles. The highest BCUT2D eigenvalue weighted by Gasteiger charge is 2.37. The molecule has 3 heterocycles. The standard InChI is InChI=1S/C50H20N6O8S3/c51-17-25-11-29-30(12-26(25)18-52)42(58)33(41(29)57)15-35-55-40-39(50(62)64-22-24-9-5-2-6-10-24)45-37(38(46(40)65-35)49(61)63-21-23-7-3-1-4-8-23)47-48(67-45)56-36(66-47)16-34-43(59)31-13-27(19-53)28(20-54)14-32(31)44(34)60/h1-16H,21-22H2. The zero-order valence-corrected chi connectivity index (χ0v) is 36.3. The van der Waals surface area contributed by atoms with Crippen LogP contribution in [0.2, 0.25) is 0 Å². The van der Waals surface area contributed by atoms with Gasteiger partial charge in [-0.3, -0.25) is 19.2 Å². The van der Waals surface area contributed by atoms with Crippen molar-refractivity contribution in [2.75, 3.05) is 0 Å². The Bertz CT molecular complexity index is 3760. The molecular weight excluding hydrogens is 909 g/mol. The number of aromatic nitrogens is 2. The normalized spacial score (nSPS) is 12.7. The Morgan fingerprint density at radius 3 is 1.36 bits per heavy atom. The van der Waals surface area contributed by atoms with Crippen molar-refractivity contribution in [3.05, 3.63) is 173 Å². The summed E-state index contributed by atoms with van der Waals surface area (Å²) in [4.78, 5) is 93.6. The summed E-state index contributed by atoms with van der Waals surface area (Å²) in [7, 11) is 0. The molecule has 0 spiro atoms. The van der Waals surface area contributed by atoms with Crippen LogP contribution in [0.15, 0.2) is 96.1 Å². The number of esters is 2. The van der Waals surface area contributed by atoms with Crippen molar-refractivity contribution >= 4 is 111 Å². The van der Waals surface area contributed by atoms with Crippen LogP contribution in [0.1, 0.15) is 106 Å². The van der Waals surface area contributed by atoms with Crippen LogP contribution in [0.4, 0.5) is 0 Å². The van der Waals surface area contributed by atoms with Gasteiger partial charge in [-0.1, -0.05) is 60.7 Å². The Hall–Kier alpha value is -9.10. The van der Waals surface area contributed by atoms with Crippen molar-refractivity contribution in [3.8, 4) is 24.3 Å². The largest absolute Gasteiger partial charge is 0.457 e. The third-order valence-corrected chi connectivity index (χ3v) is 14.2. The first-order chi connectivity index (χ1) is 32.5. The number of fused-ring (bicyclic) bond motifs is 6. The van der Waals surface area contributed by atoms with E-state index >= 15 is 0 Å². The summed E-state index contributed by atoms with van der Waals surface area (Å²) in [5.41, 5.74) is 0.283. The van der Waals surface area contributed by atoms with E-state index in [1.807, 2.05) is 36.4 Å². The minimum Gasteiger partial charge on any atom is -0.457 e. The Labute approximate surface area is 388 Å². The Balaban J connectivity index is 1.17. The number of thiophene rings is 1. The first-order valence-corrected chi connectivity index (χ1v) is 22.2. The number of carbonyl (C=O) groups is 6. The highest BCUT2D eigenvalue weighted by Crippen LogP contribution is 2.47. The number of hydrogen-bond donors (Lipinski definition) is 0. The first kappa shape index (κ1) is 41.9. The molecule has 316 valence electrons. The van der Waals surface area contributed by atoms with Crippen molar-refractivity contribution in [1.29, 1.82) is 21.0 Å². The molecule has 0 unspecified atom stereocenters. The predicted molar refractivity (Wildman–Crippen MR) is 244 cm³/mol. The van der Waals surface area contributed by atoms with E-state index in [-0.39, 0.29) is 110 Å². The topological polar surface area (TPSA) is 242 Å². The number of nitrogens with zero attached hydrogens (tertiary/aromatic N) is 6. The molecular formula is C50H20N6O8S3. The fourth-order valence-electron chi connectivity index (χ4n) is 7.81. The van der Waals surface area contributed by atoms with Crippen LogP contribution in [-0.2, 0) is 22.7 Å². The van der Waals surface area contributed by atoms with E-state index in [1.54, 1.807) is 48.5 Å². The number of rotatable bonds is 8. The van der Waals surface area contributed by atoms with Crippen LogP contribution >= 0.6 is 34.0 Å². The van der Waals surface area contributed by atoms with Crippen LogP contribution < -0.4 is 0 Å². The number of benzene rings is 5. The summed E-state index contributed by atoms with van der Waals surface area (Å²) in [6.07, 6.45) is 2.54. The molecule has 0 aliphatic heterocycles. The number of Topliss-reactive ketones (excluding diaryl/α,β-unsaturated/α-hetero) is 4. The van der Waals surface area contributed by atoms with E-state index in [1.165, 1.54) is 36.4 Å². The maximum Gasteiger partial charge on any atom is 0.342 e. The van der Waals surface area contributed by atoms with Gasteiger partial charge in [0.15, 0.2) is 23.1 Å². The molecule has 5 aromatic carbocycles. The van der Waals surface area contributed by atoms with Gasteiger partial charge >= 0.3 is 11.9 Å². The molecule has 14 nitrogen and oxygen atoms in total. The van der Waals surface area contributed by atoms with Crippen molar-refractivity contribution < 1.29 is 38.2 Å². The molecule has 0 atom stereocenters. The number of carbonyl (C=O) groups excluding carboxylic acids is 6. The first-order valence-electron chi connectivity index (χ1n) is 19.7. The molecule has 0 bridgehead atoms. The van der Waals surface area contributed by atoms with Crippen molar-refractivity contribution in [1.82, 2.24) is 9.97 Å². The third kappa shape index (κ3) is 6.97. The van der Waals surface area contributed by atoms with Gasteiger partial charge in [-0.15, -0.1) is 34.0 Å². The van der Waals surface area contributed by atoms with Crippen molar-refractivity contribution in [2.45, 2.75) is 13.2 Å². The molecule has 0 N–H and O–H groups in total. The van der Waals surface area contributed by atoms with Gasteiger partial charge in [-0.2, -0.15) is 21.0 Å². The molecule has 8 aromatic rings. The number of allylic oxidation sites excluding steroid dienone is 2. The van der Waals surface area contributed by atoms with Crippen LogP contribution in [0.25, 0.3) is 42.0 Å². The molecule has 0 saturated carbocycles. The monoisotopic (exact) mass is 928 g/mol. The second-order valence-corrected chi connectivity index (χ2v) is 17.9. The lowest BCUT2D eigenvalue weighted by Gasteiger charge is -2.11. The van der Waals surface area contributed by atoms with Gasteiger partial charge in [0, 0.05) is 27.6 Å². The van der Waals surface area contributed by atoms with Crippen LogP contribution in [0, 0.1) is 45.3 Å². The molecule has 67 heavy (non-hydrogen) atoms. The van der Waals surface area contributed by atoms with E-state index in [0.29, 0.717) is 20.7 Å². The highest BCUT2D eigenvalue weighted by molar-refractivity contribution is 7.33. The summed E-state index contributed by atoms with van der Waals surface area (Å²) < 4.78 is 12.6. The lowest BCUT2D eigenvalue weighted by atomic mass is 10.0. The summed E-state index contributed by atoms with van der Waals surface area (Å²) in [6, 6.07) is 30.1. The van der Waals surface area contributed by atoms with E-state index in [9.17, 15) is 49.8 Å². The zero-order chi connectivity index (χ0) is 46.7. The lowest BCUT2D eigenvalue weighted by molar-refractivity contribution is 0.0465. The SMILES string of the molecule is N#Cc1cc2c(cc1C#N)C(=O)C(=Cc1nc3c(C(=O)OCc4ccccc4)c4sc5nc(C=C6C(=O)c7cc(C#N)c(C#N)cc7C6=O)sc5c4c(C(=O)OCc4ccccc4)c3s1)C2=O. The second-order valence-electron chi connectivity index (χ2n) is 14.9. The molecule has 0 saturated heterocycles. The fraction of sp³-hybridized carbons (Fsp3) is 0.0400. The van der Waals surface area contributed by atoms with Crippen molar-refractivity contribution in [3.63, 3.8) is 0 Å². The van der Waals surface area contributed by atoms with Gasteiger partial charge in [0.2, 0.25) is 0 Å². The lowest BCUT2D eigenvalue weighted by Crippen LogP contribution is -2.10. The number of ether oxygens (including phenoxy) is 2. The van der Waals surface area contributed by atoms with E-state index in [2.05, 4.69) is 0 Å². The van der Waals surface area contributed by atoms with E-state index < -0.39 is 35.1 Å². The van der Waals surface area contributed by atoms with Gasteiger partial charge < -0.3 is 9.47 Å². The fourth-order valence-corrected chi connectivity index (χ4v) is 11.3. The van der Waals surface area contributed by atoms with Crippen LogP contribution in [0.3, 0.4) is 0 Å². The van der Waals surface area contributed by atoms with Gasteiger partial charge in [-0.05, 0) is 47.5 Å². The Kier molecular flexibility index (Phi) is 10.3. The summed E-state index contributed by atoms with van der Waals surface area (Å²) in [5.74, 6) is -4.37. The third-order valence-electron chi connectivity index (χ3n) is 11.0. The molecule has 2 aliphatic rings. The number of ketones is 4. The maximum atomic E-state index is 14.6. The summed E-state index contributed by atoms with van der Waals surface area (Å²) in [5, 5.41) is 38.8. The van der Waals surface area contributed by atoms with Crippen LogP contribution in [0.5, 0.6) is 0 Å². The minimum absolute atomic E-state index is 0.00708. The Morgan fingerprint density at radius 1 is 0.522 bits per heavy atom. The van der Waals surface area contributed by atoms with Crippen LogP contribution in [-0.4, -0.2) is 45.0 Å². The van der Waals surface area contributed by atoms with Crippen molar-refractivity contribution in [2.24, 2.45) is 0 Å².